The number of hydrogen-bond acceptors (Lipinski definition) is 10. The summed E-state index contributed by atoms with van der Waals surface area (Å²) < 4.78 is 5.99. The number of amides is 2. The van der Waals surface area contributed by atoms with Crippen molar-refractivity contribution in [3.05, 3.63) is 48.5 Å². The molecule has 220 valence electrons. The van der Waals surface area contributed by atoms with E-state index in [2.05, 4.69) is 30.5 Å². The summed E-state index contributed by atoms with van der Waals surface area (Å²) in [6.45, 7) is 8.61. The number of fused-ring (bicyclic) bond motifs is 1. The minimum absolute atomic E-state index is 0.315. The second-order valence-corrected chi connectivity index (χ2v) is 11.9. The summed E-state index contributed by atoms with van der Waals surface area (Å²) in [5.74, 6) is 1.09. The lowest BCUT2D eigenvalue weighted by atomic mass is 9.93. The first-order chi connectivity index (χ1) is 19.9. The molecule has 0 radical (unpaired) electrons. The summed E-state index contributed by atoms with van der Waals surface area (Å²) in [6.07, 6.45) is 3.17. The third kappa shape index (κ3) is 6.42. The van der Waals surface area contributed by atoms with Crippen molar-refractivity contribution < 1.29 is 24.5 Å². The van der Waals surface area contributed by atoms with Gasteiger partial charge in [0.1, 0.15) is 17.0 Å². The maximum absolute atomic E-state index is 12.2. The van der Waals surface area contributed by atoms with Crippen LogP contribution < -0.4 is 15.5 Å². The van der Waals surface area contributed by atoms with Crippen LogP contribution in [0.25, 0.3) is 32.6 Å². The number of anilines is 2. The topological polar surface area (TPSA) is 163 Å². The highest BCUT2D eigenvalue weighted by atomic mass is 32.1. The van der Waals surface area contributed by atoms with E-state index in [1.54, 1.807) is 26.2 Å². The summed E-state index contributed by atoms with van der Waals surface area (Å²) in [7, 11) is 0. The molecule has 1 fully saturated rings. The molecule has 0 aliphatic carbocycles. The fourth-order valence-electron chi connectivity index (χ4n) is 4.81. The Kier molecular flexibility index (Phi) is 7.97. The lowest BCUT2D eigenvalue weighted by Gasteiger charge is -2.38. The van der Waals surface area contributed by atoms with Gasteiger partial charge in [0.25, 0.3) is 0 Å². The molecule has 2 amide bonds. The third-order valence-electron chi connectivity index (χ3n) is 7.07. The molecule has 5 rings (SSSR count). The molecule has 42 heavy (non-hydrogen) atoms. The van der Waals surface area contributed by atoms with E-state index in [0.717, 1.165) is 32.9 Å². The van der Waals surface area contributed by atoms with Crippen molar-refractivity contribution in [2.24, 2.45) is 0 Å². The van der Waals surface area contributed by atoms with Crippen molar-refractivity contribution >= 4 is 44.7 Å². The zero-order valence-electron chi connectivity index (χ0n) is 23.8. The Morgan fingerprint density at radius 2 is 1.83 bits per heavy atom. The Labute approximate surface area is 246 Å². The quantitative estimate of drug-likeness (QED) is 0.209. The summed E-state index contributed by atoms with van der Waals surface area (Å²) in [5, 5.41) is 25.3. The second kappa shape index (κ2) is 11.5. The Morgan fingerprint density at radius 3 is 2.48 bits per heavy atom. The Hall–Kier alpha value is -4.36. The number of hydrogen-bond donors (Lipinski definition) is 4. The first kappa shape index (κ1) is 29.1. The molecule has 1 aliphatic heterocycles. The molecule has 4 heterocycles. The number of benzene rings is 1. The van der Waals surface area contributed by atoms with E-state index in [4.69, 9.17) is 14.8 Å². The lowest BCUT2D eigenvalue weighted by molar-refractivity contribution is -0.0215. The van der Waals surface area contributed by atoms with Crippen LogP contribution in [0.15, 0.2) is 42.7 Å². The lowest BCUT2D eigenvalue weighted by Crippen LogP contribution is -2.45. The van der Waals surface area contributed by atoms with Crippen LogP contribution in [0.2, 0.25) is 0 Å². The number of carbonyl (C=O) groups is 2. The molecule has 1 aliphatic rings. The first-order valence-corrected chi connectivity index (χ1v) is 14.4. The van der Waals surface area contributed by atoms with Crippen LogP contribution in [-0.4, -0.2) is 67.6 Å². The van der Waals surface area contributed by atoms with Gasteiger partial charge in [-0.2, -0.15) is 0 Å². The number of nitrogens with zero attached hydrogens (tertiary/aromatic N) is 5. The number of carboxylic acid groups (broad SMARTS) is 1. The number of carbonyl (C=O) groups excluding carboxylic acids is 1. The van der Waals surface area contributed by atoms with Crippen molar-refractivity contribution in [1.82, 2.24) is 25.3 Å². The van der Waals surface area contributed by atoms with Crippen LogP contribution in [0.1, 0.15) is 46.4 Å². The number of thiazole rings is 1. The van der Waals surface area contributed by atoms with Crippen LogP contribution >= 0.6 is 11.3 Å². The number of aromatic nitrogens is 4. The summed E-state index contributed by atoms with van der Waals surface area (Å²) >= 11 is 1.36. The Morgan fingerprint density at radius 1 is 1.12 bits per heavy atom. The standard InChI is InChI=1S/C29H33N7O5S/c1-5-30-25(37)35-26-34-21-14-17(18-15-31-24(32-16-18)28(2,3)40)13-19(23(21)42-26)20-7-6-8-22(33-20)36-11-9-29(4,10-12-36)41-27(38)39/h6-8,13-16,40H,5,9-12H2,1-4H3,(H,38,39)(H2,30,34,35,37). The monoisotopic (exact) mass is 591 g/mol. The molecule has 0 bridgehead atoms. The predicted molar refractivity (Wildman–Crippen MR) is 161 cm³/mol. The molecule has 12 nitrogen and oxygen atoms in total. The van der Waals surface area contributed by atoms with Crippen LogP contribution in [0.4, 0.5) is 20.5 Å². The van der Waals surface area contributed by atoms with E-state index < -0.39 is 17.4 Å². The van der Waals surface area contributed by atoms with Crippen molar-refractivity contribution in [2.75, 3.05) is 29.9 Å². The number of rotatable bonds is 7. The van der Waals surface area contributed by atoms with E-state index in [1.165, 1.54) is 11.3 Å². The molecule has 0 atom stereocenters. The summed E-state index contributed by atoms with van der Waals surface area (Å²) in [5.41, 5.74) is 1.88. The number of ether oxygens (including phenoxy) is 1. The van der Waals surface area contributed by atoms with Crippen molar-refractivity contribution in [2.45, 2.75) is 51.7 Å². The molecule has 1 saturated heterocycles. The third-order valence-corrected chi connectivity index (χ3v) is 8.09. The normalized spacial score (nSPS) is 14.9. The fourth-order valence-corrected chi connectivity index (χ4v) is 5.77. The van der Waals surface area contributed by atoms with Gasteiger partial charge < -0.3 is 25.2 Å². The highest BCUT2D eigenvalue weighted by Gasteiger charge is 2.34. The van der Waals surface area contributed by atoms with Gasteiger partial charge in [0.2, 0.25) is 0 Å². The number of piperidine rings is 1. The van der Waals surface area contributed by atoms with Gasteiger partial charge in [-0.05, 0) is 57.5 Å². The SMILES string of the molecule is CCNC(=O)Nc1nc2cc(-c3cnc(C(C)(C)O)nc3)cc(-c3cccc(N4CCC(C)(OC(=O)O)CC4)n3)c2s1. The molecule has 0 spiro atoms. The largest absolute Gasteiger partial charge is 0.506 e. The number of urea groups is 1. The van der Waals surface area contributed by atoms with Gasteiger partial charge in [-0.3, -0.25) is 5.32 Å². The van der Waals surface area contributed by atoms with E-state index in [1.807, 2.05) is 44.2 Å². The summed E-state index contributed by atoms with van der Waals surface area (Å²) in [4.78, 5) is 43.9. The van der Waals surface area contributed by atoms with Gasteiger partial charge in [0.05, 0.1) is 15.9 Å². The van der Waals surface area contributed by atoms with Crippen LogP contribution in [0.3, 0.4) is 0 Å². The average molecular weight is 592 g/mol. The van der Waals surface area contributed by atoms with Gasteiger partial charge >= 0.3 is 12.2 Å². The van der Waals surface area contributed by atoms with Crippen LogP contribution in [0, 0.1) is 0 Å². The molecular formula is C29H33N7O5S. The van der Waals surface area contributed by atoms with Crippen molar-refractivity contribution in [1.29, 1.82) is 0 Å². The molecule has 0 saturated carbocycles. The zero-order valence-corrected chi connectivity index (χ0v) is 24.7. The zero-order chi connectivity index (χ0) is 30.1. The van der Waals surface area contributed by atoms with E-state index in [-0.39, 0.29) is 6.03 Å². The van der Waals surface area contributed by atoms with Crippen molar-refractivity contribution in [3.8, 4) is 22.4 Å². The second-order valence-electron chi connectivity index (χ2n) is 10.9. The first-order valence-electron chi connectivity index (χ1n) is 13.6. The molecule has 1 aromatic carbocycles. The molecule has 3 aromatic heterocycles. The number of aliphatic hydroxyl groups is 1. The van der Waals surface area contributed by atoms with Gasteiger partial charge in [-0.1, -0.05) is 17.4 Å². The molecule has 0 unspecified atom stereocenters. The van der Waals surface area contributed by atoms with Crippen LogP contribution in [0.5, 0.6) is 0 Å². The predicted octanol–water partition coefficient (Wildman–Crippen LogP) is 5.24. The molecular weight excluding hydrogens is 558 g/mol. The molecule has 13 heteroatoms. The highest BCUT2D eigenvalue weighted by molar-refractivity contribution is 7.22. The Balaban J connectivity index is 1.53. The minimum Gasteiger partial charge on any atom is -0.450 e. The minimum atomic E-state index is -1.26. The van der Waals surface area contributed by atoms with E-state index in [0.29, 0.717) is 48.9 Å². The smallest absolute Gasteiger partial charge is 0.450 e. The number of nitrogens with one attached hydrogen (secondary N) is 2. The maximum atomic E-state index is 12.2. The molecule has 4 N–H and O–H groups in total. The average Bonchev–Trinajstić information content (AvgIpc) is 3.34. The van der Waals surface area contributed by atoms with E-state index in [9.17, 15) is 14.7 Å². The van der Waals surface area contributed by atoms with Crippen molar-refractivity contribution in [3.63, 3.8) is 0 Å². The van der Waals surface area contributed by atoms with Gasteiger partial charge in [-0.15, -0.1) is 0 Å². The van der Waals surface area contributed by atoms with Gasteiger partial charge in [0, 0.05) is 56.0 Å². The highest BCUT2D eigenvalue weighted by Crippen LogP contribution is 2.39. The van der Waals surface area contributed by atoms with Crippen LogP contribution in [-0.2, 0) is 10.3 Å². The van der Waals surface area contributed by atoms with Gasteiger partial charge in [0.15, 0.2) is 11.0 Å². The van der Waals surface area contributed by atoms with E-state index >= 15 is 0 Å². The fraction of sp³-hybridized carbons (Fsp3) is 0.379. The number of pyridine rings is 1. The Bertz CT molecular complexity index is 1610. The molecule has 4 aromatic rings. The maximum Gasteiger partial charge on any atom is 0.506 e. The summed E-state index contributed by atoms with van der Waals surface area (Å²) in [6, 6.07) is 9.38. The van der Waals surface area contributed by atoms with Gasteiger partial charge in [-0.25, -0.2) is 29.5 Å².